The van der Waals surface area contributed by atoms with Crippen LogP contribution in [0.1, 0.15) is 34.1 Å². The van der Waals surface area contributed by atoms with E-state index in [1.807, 2.05) is 6.26 Å². The van der Waals surface area contributed by atoms with Crippen LogP contribution in [0.2, 0.25) is 0 Å². The van der Waals surface area contributed by atoms with E-state index >= 15 is 0 Å². The van der Waals surface area contributed by atoms with Gasteiger partial charge in [-0.3, -0.25) is 4.79 Å². The van der Waals surface area contributed by atoms with E-state index in [4.69, 9.17) is 5.73 Å². The van der Waals surface area contributed by atoms with Crippen molar-refractivity contribution in [1.29, 1.82) is 0 Å². The minimum Gasteiger partial charge on any atom is -0.352 e. The highest BCUT2D eigenvalue weighted by Crippen LogP contribution is 2.52. The molecule has 0 aromatic rings. The van der Waals surface area contributed by atoms with Gasteiger partial charge < -0.3 is 11.1 Å². The average Bonchev–Trinajstić information content (AvgIpc) is 2.21. The number of hydrogen-bond donors (Lipinski definition) is 2. The Kier molecular flexibility index (Phi) is 3.95. The highest BCUT2D eigenvalue weighted by Gasteiger charge is 2.60. The van der Waals surface area contributed by atoms with Crippen molar-refractivity contribution in [3.05, 3.63) is 0 Å². The summed E-state index contributed by atoms with van der Waals surface area (Å²) in [5.74, 6) is 1.03. The van der Waals surface area contributed by atoms with Gasteiger partial charge in [-0.15, -0.1) is 0 Å². The molecule has 0 aromatic heterocycles. The monoisotopic (exact) mass is 244 g/mol. The third-order valence-corrected chi connectivity index (χ3v) is 4.54. The Morgan fingerprint density at radius 1 is 1.31 bits per heavy atom. The number of rotatable bonds is 4. The number of nitrogens with two attached hydrogens (primary N) is 1. The first-order chi connectivity index (χ1) is 7.24. The molecule has 0 saturated heterocycles. The molecule has 1 saturated carbocycles. The predicted molar refractivity (Wildman–Crippen MR) is 70.5 cm³/mol. The van der Waals surface area contributed by atoms with Crippen LogP contribution in [0.15, 0.2) is 0 Å². The molecule has 94 valence electrons. The molecule has 1 rings (SSSR count). The zero-order chi connectivity index (χ0) is 12.6. The second kappa shape index (κ2) is 4.57. The fraction of sp³-hybridized carbons (Fsp3) is 0.917. The molecular formula is C12H24N2OS. The molecule has 1 aliphatic carbocycles. The predicted octanol–water partition coefficient (Wildman–Crippen LogP) is 1.62. The molecule has 0 radical (unpaired) electrons. The van der Waals surface area contributed by atoms with Gasteiger partial charge in [-0.1, -0.05) is 27.7 Å². The van der Waals surface area contributed by atoms with Crippen molar-refractivity contribution in [1.82, 2.24) is 5.32 Å². The van der Waals surface area contributed by atoms with Crippen molar-refractivity contribution in [2.24, 2.45) is 16.6 Å². The van der Waals surface area contributed by atoms with Crippen LogP contribution in [-0.4, -0.2) is 30.0 Å². The second-order valence-corrected chi connectivity index (χ2v) is 6.85. The smallest absolute Gasteiger partial charge is 0.221 e. The summed E-state index contributed by atoms with van der Waals surface area (Å²) in [6, 6.07) is 0.329. The molecule has 3 N–H and O–H groups in total. The molecule has 0 unspecified atom stereocenters. The van der Waals surface area contributed by atoms with E-state index in [0.717, 1.165) is 5.75 Å². The molecule has 3 nitrogen and oxygen atoms in total. The van der Waals surface area contributed by atoms with Crippen LogP contribution < -0.4 is 11.1 Å². The number of hydrogen-bond acceptors (Lipinski definition) is 3. The number of nitrogens with one attached hydrogen (secondary N) is 1. The van der Waals surface area contributed by atoms with Crippen LogP contribution in [0, 0.1) is 10.8 Å². The van der Waals surface area contributed by atoms with Crippen molar-refractivity contribution in [3.8, 4) is 0 Å². The first-order valence-corrected chi connectivity index (χ1v) is 7.18. The second-order valence-electron chi connectivity index (χ2n) is 5.86. The fourth-order valence-corrected chi connectivity index (χ4v) is 3.37. The number of amides is 1. The summed E-state index contributed by atoms with van der Waals surface area (Å²) in [6.45, 7) is 8.51. The topological polar surface area (TPSA) is 55.1 Å². The van der Waals surface area contributed by atoms with Gasteiger partial charge in [0, 0.05) is 35.1 Å². The molecule has 0 bridgehead atoms. The van der Waals surface area contributed by atoms with E-state index in [-0.39, 0.29) is 28.8 Å². The lowest BCUT2D eigenvalue weighted by Gasteiger charge is -2.62. The molecule has 0 heterocycles. The summed E-state index contributed by atoms with van der Waals surface area (Å²) in [5, 5.41) is 3.13. The van der Waals surface area contributed by atoms with E-state index in [9.17, 15) is 4.79 Å². The minimum absolute atomic E-state index is 0.00147. The minimum atomic E-state index is -0.00147. The zero-order valence-corrected chi connectivity index (χ0v) is 11.8. The van der Waals surface area contributed by atoms with Gasteiger partial charge in [0.2, 0.25) is 5.91 Å². The maximum atomic E-state index is 11.7. The lowest BCUT2D eigenvalue weighted by Crippen LogP contribution is -2.76. The zero-order valence-electron chi connectivity index (χ0n) is 11.0. The van der Waals surface area contributed by atoms with Gasteiger partial charge in [-0.05, 0) is 6.26 Å². The third kappa shape index (κ3) is 2.23. The van der Waals surface area contributed by atoms with Gasteiger partial charge in [0.25, 0.3) is 0 Å². The van der Waals surface area contributed by atoms with Gasteiger partial charge in [-0.25, -0.2) is 0 Å². The van der Waals surface area contributed by atoms with E-state index in [0.29, 0.717) is 6.42 Å². The average molecular weight is 244 g/mol. The number of carbonyl (C=O) groups is 1. The van der Waals surface area contributed by atoms with Crippen molar-refractivity contribution in [2.75, 3.05) is 12.0 Å². The summed E-state index contributed by atoms with van der Waals surface area (Å²) in [7, 11) is 0. The van der Waals surface area contributed by atoms with E-state index in [1.165, 1.54) is 0 Å². The molecule has 16 heavy (non-hydrogen) atoms. The molecule has 0 atom stereocenters. The first-order valence-electron chi connectivity index (χ1n) is 5.78. The maximum Gasteiger partial charge on any atom is 0.221 e. The Labute approximate surface area is 103 Å². The highest BCUT2D eigenvalue weighted by molar-refractivity contribution is 7.98. The van der Waals surface area contributed by atoms with Gasteiger partial charge in [0.15, 0.2) is 0 Å². The van der Waals surface area contributed by atoms with E-state index in [2.05, 4.69) is 33.0 Å². The van der Waals surface area contributed by atoms with E-state index in [1.54, 1.807) is 11.8 Å². The van der Waals surface area contributed by atoms with Crippen LogP contribution >= 0.6 is 11.8 Å². The molecule has 1 aliphatic rings. The summed E-state index contributed by atoms with van der Waals surface area (Å²) in [5.41, 5.74) is 6.14. The SMILES string of the molecule is CSCCC(=O)NC1C(C)(C)C(N)C1(C)C. The van der Waals surface area contributed by atoms with Gasteiger partial charge >= 0.3 is 0 Å². The van der Waals surface area contributed by atoms with Crippen molar-refractivity contribution in [2.45, 2.75) is 46.2 Å². The summed E-state index contributed by atoms with van der Waals surface area (Å²) in [6.07, 6.45) is 2.61. The van der Waals surface area contributed by atoms with Crippen LogP contribution in [0.5, 0.6) is 0 Å². The summed E-state index contributed by atoms with van der Waals surface area (Å²) in [4.78, 5) is 11.7. The van der Waals surface area contributed by atoms with Gasteiger partial charge in [0.1, 0.15) is 0 Å². The summed E-state index contributed by atoms with van der Waals surface area (Å²) >= 11 is 1.70. The standard InChI is InChI=1S/C12H24N2OS/c1-11(2)9(13)12(3,4)10(11)14-8(15)6-7-16-5/h9-10H,6-7,13H2,1-5H3,(H,14,15). The van der Waals surface area contributed by atoms with Crippen molar-refractivity contribution >= 4 is 17.7 Å². The molecule has 0 aliphatic heterocycles. The van der Waals surface area contributed by atoms with Crippen molar-refractivity contribution < 1.29 is 4.79 Å². The Hall–Kier alpha value is -0.220. The van der Waals surface area contributed by atoms with Crippen LogP contribution in [0.3, 0.4) is 0 Å². The van der Waals surface area contributed by atoms with Crippen molar-refractivity contribution in [3.63, 3.8) is 0 Å². The Bertz CT molecular complexity index is 260. The van der Waals surface area contributed by atoms with Gasteiger partial charge in [0.05, 0.1) is 0 Å². The lowest BCUT2D eigenvalue weighted by atomic mass is 9.48. The highest BCUT2D eigenvalue weighted by atomic mass is 32.2. The molecule has 1 amide bonds. The molecule has 0 spiro atoms. The Balaban J connectivity index is 2.57. The fourth-order valence-electron chi connectivity index (χ4n) is 2.98. The van der Waals surface area contributed by atoms with Crippen LogP contribution in [0.25, 0.3) is 0 Å². The summed E-state index contributed by atoms with van der Waals surface area (Å²) < 4.78 is 0. The number of thioether (sulfide) groups is 1. The molecule has 0 aromatic carbocycles. The maximum absolute atomic E-state index is 11.7. The van der Waals surface area contributed by atoms with E-state index < -0.39 is 0 Å². The lowest BCUT2D eigenvalue weighted by molar-refractivity contribution is -0.131. The Morgan fingerprint density at radius 2 is 1.81 bits per heavy atom. The largest absolute Gasteiger partial charge is 0.352 e. The van der Waals surface area contributed by atoms with Crippen LogP contribution in [0.4, 0.5) is 0 Å². The third-order valence-electron chi connectivity index (χ3n) is 3.93. The molecule has 1 fully saturated rings. The first kappa shape index (κ1) is 13.8. The van der Waals surface area contributed by atoms with Crippen LogP contribution in [-0.2, 0) is 4.79 Å². The normalized spacial score (nSPS) is 30.6. The molecule has 4 heteroatoms. The Morgan fingerprint density at radius 3 is 2.25 bits per heavy atom. The van der Waals surface area contributed by atoms with Gasteiger partial charge in [-0.2, -0.15) is 11.8 Å². The quantitative estimate of drug-likeness (QED) is 0.790. The number of carbonyl (C=O) groups excluding carboxylic acids is 1. The molecular weight excluding hydrogens is 220 g/mol.